The van der Waals surface area contributed by atoms with E-state index in [2.05, 4.69) is 22.0 Å². The summed E-state index contributed by atoms with van der Waals surface area (Å²) in [5.41, 5.74) is 0. The predicted octanol–water partition coefficient (Wildman–Crippen LogP) is 0.0471. The molecule has 1 aromatic rings. The summed E-state index contributed by atoms with van der Waals surface area (Å²) >= 11 is 0. The highest BCUT2D eigenvalue weighted by Gasteiger charge is 2.24. The maximum atomic E-state index is 11.7. The number of rotatable bonds is 5. The fraction of sp³-hybridized carbons (Fsp3) is 0.769. The zero-order valence-electron chi connectivity index (χ0n) is 12.1. The number of hydrogen-bond donors (Lipinski definition) is 1. The van der Waals surface area contributed by atoms with E-state index in [4.69, 9.17) is 4.52 Å². The molecule has 112 valence electrons. The average Bonchev–Trinajstić information content (AvgIpc) is 2.86. The molecular weight excluding hydrogens is 260 g/mol. The number of piperazine rings is 1. The van der Waals surface area contributed by atoms with Gasteiger partial charge in [0.2, 0.25) is 5.89 Å². The maximum Gasteiger partial charge on any atom is 0.251 e. The first-order valence-electron chi connectivity index (χ1n) is 7.10. The van der Waals surface area contributed by atoms with Gasteiger partial charge in [-0.15, -0.1) is 0 Å². The molecule has 2 heterocycles. The van der Waals surface area contributed by atoms with Gasteiger partial charge in [0.1, 0.15) is 6.10 Å². The highest BCUT2D eigenvalue weighted by molar-refractivity contribution is 5.80. The van der Waals surface area contributed by atoms with Gasteiger partial charge in [-0.05, 0) is 13.3 Å². The topological polar surface area (TPSA) is 82.7 Å². The maximum absolute atomic E-state index is 11.7. The molecule has 1 unspecified atom stereocenters. The molecule has 1 fully saturated rings. The Hall–Kier alpha value is -1.47. The molecule has 7 nitrogen and oxygen atoms in total. The van der Waals surface area contributed by atoms with Crippen LogP contribution < -0.4 is 0 Å². The number of carbonyl (C=O) groups is 1. The minimum Gasteiger partial charge on any atom is -0.384 e. The Morgan fingerprint density at radius 3 is 2.70 bits per heavy atom. The van der Waals surface area contributed by atoms with Crippen molar-refractivity contribution in [3.8, 4) is 0 Å². The number of carbonyl (C=O) groups excluding carboxylic acids is 1. The quantitative estimate of drug-likeness (QED) is 0.821. The van der Waals surface area contributed by atoms with E-state index in [9.17, 15) is 9.90 Å². The molecule has 1 amide bonds. The summed E-state index contributed by atoms with van der Waals surface area (Å²) in [6, 6.07) is 0. The summed E-state index contributed by atoms with van der Waals surface area (Å²) in [6.07, 6.45) is 0.876. The van der Waals surface area contributed by atoms with Crippen molar-refractivity contribution in [1.29, 1.82) is 0 Å². The highest BCUT2D eigenvalue weighted by Crippen LogP contribution is 2.08. The largest absolute Gasteiger partial charge is 0.384 e. The second-order valence-electron chi connectivity index (χ2n) is 5.13. The molecular formula is C13H22N4O3. The Morgan fingerprint density at radius 1 is 1.40 bits per heavy atom. The first-order valence-corrected chi connectivity index (χ1v) is 7.10. The Morgan fingerprint density at radius 2 is 2.10 bits per heavy atom. The molecule has 1 aliphatic rings. The number of amides is 1. The second-order valence-corrected chi connectivity index (χ2v) is 5.13. The molecule has 0 radical (unpaired) electrons. The smallest absolute Gasteiger partial charge is 0.251 e. The molecule has 0 bridgehead atoms. The molecule has 2 rings (SSSR count). The van der Waals surface area contributed by atoms with Gasteiger partial charge in [0.25, 0.3) is 5.91 Å². The van der Waals surface area contributed by atoms with Crippen molar-refractivity contribution in [3.05, 3.63) is 11.7 Å². The van der Waals surface area contributed by atoms with Gasteiger partial charge in [-0.25, -0.2) is 0 Å². The zero-order chi connectivity index (χ0) is 14.5. The molecule has 0 aliphatic carbocycles. The Balaban J connectivity index is 1.80. The third-order valence-electron chi connectivity index (χ3n) is 3.38. The van der Waals surface area contributed by atoms with E-state index in [1.807, 2.05) is 0 Å². The van der Waals surface area contributed by atoms with Crippen LogP contribution in [0.25, 0.3) is 0 Å². The third-order valence-corrected chi connectivity index (χ3v) is 3.38. The number of hydrogen-bond acceptors (Lipinski definition) is 6. The van der Waals surface area contributed by atoms with Crippen LogP contribution in [0.15, 0.2) is 4.52 Å². The summed E-state index contributed by atoms with van der Waals surface area (Å²) in [5, 5.41) is 13.3. The predicted molar refractivity (Wildman–Crippen MR) is 71.8 cm³/mol. The van der Waals surface area contributed by atoms with Crippen LogP contribution in [-0.2, 0) is 17.8 Å². The van der Waals surface area contributed by atoms with Crippen molar-refractivity contribution in [2.24, 2.45) is 0 Å². The molecule has 1 aliphatic heterocycles. The van der Waals surface area contributed by atoms with Crippen LogP contribution in [0.2, 0.25) is 0 Å². The lowest BCUT2D eigenvalue weighted by Crippen LogP contribution is -2.50. The number of aryl methyl sites for hydroxylation is 1. The monoisotopic (exact) mass is 282 g/mol. The minimum atomic E-state index is -0.921. The minimum absolute atomic E-state index is 0.200. The number of aliphatic hydroxyl groups excluding tert-OH is 1. The van der Waals surface area contributed by atoms with Crippen molar-refractivity contribution in [2.75, 3.05) is 26.2 Å². The number of aromatic nitrogens is 2. The summed E-state index contributed by atoms with van der Waals surface area (Å²) in [7, 11) is 0. The molecule has 1 aromatic heterocycles. The standard InChI is InChI=1S/C13H22N4O3/c1-3-4-12-14-11(15-20-12)9-16-5-7-17(8-6-16)13(19)10(2)18/h10,18H,3-9H2,1-2H3. The van der Waals surface area contributed by atoms with Crippen LogP contribution in [0.3, 0.4) is 0 Å². The summed E-state index contributed by atoms with van der Waals surface area (Å²) in [4.78, 5) is 19.9. The SMILES string of the molecule is CCCc1nc(CN2CCN(C(=O)C(C)O)CC2)no1. The van der Waals surface area contributed by atoms with Gasteiger partial charge in [0.15, 0.2) is 5.82 Å². The van der Waals surface area contributed by atoms with Crippen molar-refractivity contribution in [3.63, 3.8) is 0 Å². The summed E-state index contributed by atoms with van der Waals surface area (Å²) < 4.78 is 5.15. The van der Waals surface area contributed by atoms with Crippen LogP contribution >= 0.6 is 0 Å². The Labute approximate surface area is 118 Å². The molecule has 0 aromatic carbocycles. The fourth-order valence-electron chi connectivity index (χ4n) is 2.26. The fourth-order valence-corrected chi connectivity index (χ4v) is 2.26. The van der Waals surface area contributed by atoms with E-state index in [1.54, 1.807) is 4.90 Å². The first-order chi connectivity index (χ1) is 9.60. The molecule has 20 heavy (non-hydrogen) atoms. The van der Waals surface area contributed by atoms with Crippen molar-refractivity contribution in [2.45, 2.75) is 39.3 Å². The van der Waals surface area contributed by atoms with E-state index >= 15 is 0 Å². The van der Waals surface area contributed by atoms with E-state index < -0.39 is 6.10 Å². The van der Waals surface area contributed by atoms with Crippen LogP contribution in [0.1, 0.15) is 32.0 Å². The molecule has 1 atom stereocenters. The lowest BCUT2D eigenvalue weighted by molar-refractivity contribution is -0.141. The van der Waals surface area contributed by atoms with E-state index in [0.717, 1.165) is 25.9 Å². The lowest BCUT2D eigenvalue weighted by Gasteiger charge is -2.34. The van der Waals surface area contributed by atoms with E-state index in [1.165, 1.54) is 6.92 Å². The van der Waals surface area contributed by atoms with Crippen molar-refractivity contribution in [1.82, 2.24) is 19.9 Å². The molecule has 7 heteroatoms. The van der Waals surface area contributed by atoms with Crippen LogP contribution in [0.5, 0.6) is 0 Å². The zero-order valence-corrected chi connectivity index (χ0v) is 12.1. The molecule has 0 spiro atoms. The molecule has 1 saturated heterocycles. The van der Waals surface area contributed by atoms with Gasteiger partial charge in [-0.1, -0.05) is 12.1 Å². The van der Waals surface area contributed by atoms with Gasteiger partial charge in [-0.2, -0.15) is 4.98 Å². The van der Waals surface area contributed by atoms with Crippen LogP contribution in [0.4, 0.5) is 0 Å². The third kappa shape index (κ3) is 3.77. The molecule has 1 N–H and O–H groups in total. The molecule has 0 saturated carbocycles. The van der Waals surface area contributed by atoms with Gasteiger partial charge in [-0.3, -0.25) is 9.69 Å². The number of nitrogens with zero attached hydrogens (tertiary/aromatic N) is 4. The van der Waals surface area contributed by atoms with E-state index in [-0.39, 0.29) is 5.91 Å². The Bertz CT molecular complexity index is 439. The average molecular weight is 282 g/mol. The normalized spacial score (nSPS) is 18.2. The van der Waals surface area contributed by atoms with E-state index in [0.29, 0.717) is 31.3 Å². The van der Waals surface area contributed by atoms with Gasteiger partial charge in [0, 0.05) is 32.6 Å². The van der Waals surface area contributed by atoms with Gasteiger partial charge >= 0.3 is 0 Å². The lowest BCUT2D eigenvalue weighted by atomic mass is 10.2. The summed E-state index contributed by atoms with van der Waals surface area (Å²) in [5.74, 6) is 1.18. The van der Waals surface area contributed by atoms with Crippen molar-refractivity contribution < 1.29 is 14.4 Å². The number of aliphatic hydroxyl groups is 1. The van der Waals surface area contributed by atoms with Crippen molar-refractivity contribution >= 4 is 5.91 Å². The van der Waals surface area contributed by atoms with Gasteiger partial charge < -0.3 is 14.5 Å². The van der Waals surface area contributed by atoms with Gasteiger partial charge in [0.05, 0.1) is 6.54 Å². The first kappa shape index (κ1) is 14.9. The highest BCUT2D eigenvalue weighted by atomic mass is 16.5. The van der Waals surface area contributed by atoms with Crippen LogP contribution in [0, 0.1) is 0 Å². The van der Waals surface area contributed by atoms with Crippen LogP contribution in [-0.4, -0.2) is 63.2 Å². The summed E-state index contributed by atoms with van der Waals surface area (Å²) in [6.45, 7) is 6.99. The second kappa shape index (κ2) is 6.81. The Kier molecular flexibility index (Phi) is 5.08.